The molecular weight excluding hydrogens is 608 g/mol. The summed E-state index contributed by atoms with van der Waals surface area (Å²) in [5.41, 5.74) is 3.83. The molecule has 1 atom stereocenters. The maximum absolute atomic E-state index is 14.1. The number of benzene rings is 4. The minimum atomic E-state index is -1.80. The predicted octanol–water partition coefficient (Wildman–Crippen LogP) is 8.97. The number of fused-ring (bicyclic) bond motifs is 1. The average Bonchev–Trinajstić information content (AvgIpc) is 3.36. The van der Waals surface area contributed by atoms with Crippen molar-refractivity contribution in [2.75, 3.05) is 7.11 Å². The van der Waals surface area contributed by atoms with Gasteiger partial charge in [-0.05, 0) is 55.0 Å². The van der Waals surface area contributed by atoms with Crippen LogP contribution in [0, 0.1) is 6.92 Å². The molecule has 0 aromatic heterocycles. The third kappa shape index (κ3) is 7.82. The van der Waals surface area contributed by atoms with Gasteiger partial charge in [0.1, 0.15) is 47.3 Å². The first kappa shape index (κ1) is 34.5. The van der Waals surface area contributed by atoms with Crippen molar-refractivity contribution in [3.05, 3.63) is 118 Å². The molecule has 252 valence electrons. The molecule has 0 bridgehead atoms. The maximum Gasteiger partial charge on any atom is 0.345 e. The quantitative estimate of drug-likeness (QED) is 0.0946. The molecule has 0 saturated carbocycles. The Morgan fingerprint density at radius 3 is 2.17 bits per heavy atom. The van der Waals surface area contributed by atoms with Crippen LogP contribution in [0.4, 0.5) is 0 Å². The van der Waals surface area contributed by atoms with Crippen LogP contribution in [0.2, 0.25) is 0 Å². The SMILES string of the molecule is CCCCCc1c(Oc2cc(OC)cc3c2C(=O)OC3(O)CCCC)c(C)cc(OCc2ccccc2)c1C(=O)OCc1ccccc1. The minimum absolute atomic E-state index is 0.0852. The molecule has 8 heteroatoms. The van der Waals surface area contributed by atoms with E-state index in [0.29, 0.717) is 46.8 Å². The van der Waals surface area contributed by atoms with Gasteiger partial charge < -0.3 is 28.8 Å². The second kappa shape index (κ2) is 15.8. The first-order valence-electron chi connectivity index (χ1n) is 16.7. The van der Waals surface area contributed by atoms with Gasteiger partial charge in [0.2, 0.25) is 5.79 Å². The van der Waals surface area contributed by atoms with E-state index in [-0.39, 0.29) is 36.5 Å². The highest BCUT2D eigenvalue weighted by Crippen LogP contribution is 2.47. The van der Waals surface area contributed by atoms with E-state index in [2.05, 4.69) is 6.92 Å². The Morgan fingerprint density at radius 1 is 0.854 bits per heavy atom. The van der Waals surface area contributed by atoms with Crippen molar-refractivity contribution in [2.24, 2.45) is 0 Å². The number of methoxy groups -OCH3 is 1. The molecule has 0 amide bonds. The van der Waals surface area contributed by atoms with Crippen LogP contribution in [-0.2, 0) is 34.9 Å². The Bertz CT molecular complexity index is 1720. The average molecular weight is 653 g/mol. The standard InChI is InChI=1S/C40H44O8/c1-5-7-11-20-31-35(38(41)46-26-29-18-14-10-15-19-29)33(45-25-28-16-12-9-13-17-28)22-27(3)37(31)47-34-24-30(44-4)23-32-36(34)39(42)48-40(32,43)21-8-6-2/h9-10,12-19,22-24,43H,5-8,11,20-21,25-26H2,1-4H3. The van der Waals surface area contributed by atoms with Crippen LogP contribution >= 0.6 is 0 Å². The molecular formula is C40H44O8. The van der Waals surface area contributed by atoms with E-state index in [0.717, 1.165) is 36.8 Å². The summed E-state index contributed by atoms with van der Waals surface area (Å²) in [7, 11) is 1.51. The van der Waals surface area contributed by atoms with E-state index in [9.17, 15) is 14.7 Å². The highest BCUT2D eigenvalue weighted by molar-refractivity contribution is 5.98. The van der Waals surface area contributed by atoms with Gasteiger partial charge in [-0.15, -0.1) is 0 Å². The lowest BCUT2D eigenvalue weighted by Crippen LogP contribution is -2.25. The fourth-order valence-corrected chi connectivity index (χ4v) is 5.91. The molecule has 1 unspecified atom stereocenters. The smallest absolute Gasteiger partial charge is 0.345 e. The number of aryl methyl sites for hydroxylation is 1. The zero-order chi connectivity index (χ0) is 34.1. The fraction of sp³-hybridized carbons (Fsp3) is 0.350. The van der Waals surface area contributed by atoms with Crippen LogP contribution in [0.5, 0.6) is 23.0 Å². The summed E-state index contributed by atoms with van der Waals surface area (Å²) >= 11 is 0. The van der Waals surface area contributed by atoms with Crippen molar-refractivity contribution in [3.63, 3.8) is 0 Å². The fourth-order valence-electron chi connectivity index (χ4n) is 5.91. The number of carbonyl (C=O) groups is 2. The Morgan fingerprint density at radius 2 is 1.52 bits per heavy atom. The predicted molar refractivity (Wildman–Crippen MR) is 183 cm³/mol. The molecule has 48 heavy (non-hydrogen) atoms. The molecule has 1 N–H and O–H groups in total. The van der Waals surface area contributed by atoms with Crippen molar-refractivity contribution in [1.29, 1.82) is 0 Å². The van der Waals surface area contributed by atoms with Crippen molar-refractivity contribution in [3.8, 4) is 23.0 Å². The summed E-state index contributed by atoms with van der Waals surface area (Å²) < 4.78 is 30.0. The number of unbranched alkanes of at least 4 members (excludes halogenated alkanes) is 3. The molecule has 1 aliphatic rings. The number of cyclic esters (lactones) is 1. The van der Waals surface area contributed by atoms with Gasteiger partial charge in [0.05, 0.1) is 7.11 Å². The number of ether oxygens (including phenoxy) is 5. The second-order valence-corrected chi connectivity index (χ2v) is 12.1. The molecule has 0 aliphatic carbocycles. The summed E-state index contributed by atoms with van der Waals surface area (Å²) in [5, 5.41) is 11.4. The zero-order valence-corrected chi connectivity index (χ0v) is 28.2. The van der Waals surface area contributed by atoms with Gasteiger partial charge in [-0.2, -0.15) is 0 Å². The first-order chi connectivity index (χ1) is 23.3. The highest BCUT2D eigenvalue weighted by atomic mass is 16.7. The normalized spacial score (nSPS) is 15.1. The molecule has 0 saturated heterocycles. The number of esters is 2. The van der Waals surface area contributed by atoms with Gasteiger partial charge in [0.25, 0.3) is 0 Å². The molecule has 0 spiro atoms. The molecule has 8 nitrogen and oxygen atoms in total. The van der Waals surface area contributed by atoms with Gasteiger partial charge in [-0.25, -0.2) is 9.59 Å². The molecule has 4 aromatic carbocycles. The van der Waals surface area contributed by atoms with Crippen molar-refractivity contribution < 1.29 is 38.4 Å². The maximum atomic E-state index is 14.1. The van der Waals surface area contributed by atoms with E-state index in [4.69, 9.17) is 23.7 Å². The Labute approximate surface area is 282 Å². The highest BCUT2D eigenvalue weighted by Gasteiger charge is 2.46. The summed E-state index contributed by atoms with van der Waals surface area (Å²) in [6.07, 6.45) is 4.87. The van der Waals surface area contributed by atoms with Gasteiger partial charge in [-0.1, -0.05) is 93.8 Å². The summed E-state index contributed by atoms with van der Waals surface area (Å²) in [6, 6.07) is 24.2. The lowest BCUT2D eigenvalue weighted by atomic mass is 9.95. The van der Waals surface area contributed by atoms with Crippen LogP contribution in [0.1, 0.15) is 101 Å². The summed E-state index contributed by atoms with van der Waals surface area (Å²) in [4.78, 5) is 27.4. The van der Waals surface area contributed by atoms with Gasteiger partial charge >= 0.3 is 11.9 Å². The van der Waals surface area contributed by atoms with E-state index in [1.165, 1.54) is 7.11 Å². The van der Waals surface area contributed by atoms with Gasteiger partial charge in [0.15, 0.2) is 0 Å². The molecule has 4 aromatic rings. The Balaban J connectivity index is 1.62. The minimum Gasteiger partial charge on any atom is -0.497 e. The van der Waals surface area contributed by atoms with E-state index >= 15 is 0 Å². The topological polar surface area (TPSA) is 101 Å². The molecule has 1 heterocycles. The van der Waals surface area contributed by atoms with Crippen LogP contribution < -0.4 is 14.2 Å². The molecule has 0 fully saturated rings. The van der Waals surface area contributed by atoms with Gasteiger partial charge in [-0.3, -0.25) is 0 Å². The number of hydrogen-bond acceptors (Lipinski definition) is 8. The number of rotatable bonds is 16. The lowest BCUT2D eigenvalue weighted by molar-refractivity contribution is -0.168. The Hall–Kier alpha value is -4.82. The first-order valence-corrected chi connectivity index (χ1v) is 16.7. The van der Waals surface area contributed by atoms with Gasteiger partial charge in [0, 0.05) is 23.6 Å². The van der Waals surface area contributed by atoms with Crippen molar-refractivity contribution in [1.82, 2.24) is 0 Å². The van der Waals surface area contributed by atoms with Crippen LogP contribution in [0.25, 0.3) is 0 Å². The largest absolute Gasteiger partial charge is 0.497 e. The summed E-state index contributed by atoms with van der Waals surface area (Å²) in [6.45, 7) is 6.33. The zero-order valence-electron chi connectivity index (χ0n) is 28.2. The van der Waals surface area contributed by atoms with Crippen molar-refractivity contribution >= 4 is 11.9 Å². The van der Waals surface area contributed by atoms with E-state index < -0.39 is 17.7 Å². The third-order valence-electron chi connectivity index (χ3n) is 8.49. The van der Waals surface area contributed by atoms with Crippen LogP contribution in [-0.4, -0.2) is 24.2 Å². The van der Waals surface area contributed by atoms with E-state index in [1.807, 2.05) is 74.5 Å². The monoisotopic (exact) mass is 652 g/mol. The Kier molecular flexibility index (Phi) is 11.4. The van der Waals surface area contributed by atoms with E-state index in [1.54, 1.807) is 18.2 Å². The van der Waals surface area contributed by atoms with Crippen LogP contribution in [0.3, 0.4) is 0 Å². The molecule has 1 aliphatic heterocycles. The molecule has 5 rings (SSSR count). The van der Waals surface area contributed by atoms with Crippen molar-refractivity contribution in [2.45, 2.75) is 84.7 Å². The molecule has 0 radical (unpaired) electrons. The van der Waals surface area contributed by atoms with Crippen LogP contribution in [0.15, 0.2) is 78.9 Å². The number of hydrogen-bond donors (Lipinski definition) is 1. The second-order valence-electron chi connectivity index (χ2n) is 12.1. The lowest BCUT2D eigenvalue weighted by Gasteiger charge is -2.23. The third-order valence-corrected chi connectivity index (χ3v) is 8.49. The number of carbonyl (C=O) groups excluding carboxylic acids is 2. The number of aliphatic hydroxyl groups is 1. The summed E-state index contributed by atoms with van der Waals surface area (Å²) in [5.74, 6) is -1.65.